The van der Waals surface area contributed by atoms with Gasteiger partial charge in [0, 0.05) is 24.9 Å². The number of hydrogen-bond donors (Lipinski definition) is 1. The second-order valence-electron chi connectivity index (χ2n) is 5.37. The van der Waals surface area contributed by atoms with E-state index in [0.29, 0.717) is 6.42 Å². The molecule has 0 spiro atoms. The summed E-state index contributed by atoms with van der Waals surface area (Å²) >= 11 is 6.05. The van der Waals surface area contributed by atoms with Gasteiger partial charge < -0.3 is 9.67 Å². The van der Waals surface area contributed by atoms with Crippen molar-refractivity contribution in [3.63, 3.8) is 0 Å². The monoisotopic (exact) mass is 325 g/mol. The molecule has 1 heterocycles. The van der Waals surface area contributed by atoms with Gasteiger partial charge in [0.05, 0.1) is 10.6 Å². The van der Waals surface area contributed by atoms with Crippen LogP contribution in [0.3, 0.4) is 0 Å². The van der Waals surface area contributed by atoms with Crippen molar-refractivity contribution in [3.05, 3.63) is 94.3 Å². The van der Waals surface area contributed by atoms with Gasteiger partial charge in [0.2, 0.25) is 0 Å². The number of carboxylic acid groups (broad SMARTS) is 1. The Kier molecular flexibility index (Phi) is 4.49. The fraction of sp³-hybridized carbons (Fsp3) is 0.105. The first-order chi connectivity index (χ1) is 11.1. The van der Waals surface area contributed by atoms with E-state index in [-0.39, 0.29) is 10.6 Å². The molecule has 3 rings (SSSR count). The summed E-state index contributed by atoms with van der Waals surface area (Å²) in [7, 11) is 0. The quantitative estimate of drug-likeness (QED) is 0.751. The lowest BCUT2D eigenvalue weighted by Crippen LogP contribution is -2.08. The summed E-state index contributed by atoms with van der Waals surface area (Å²) in [6.45, 7) is 0.756. The van der Waals surface area contributed by atoms with E-state index >= 15 is 0 Å². The minimum atomic E-state index is -0.994. The Labute approximate surface area is 139 Å². The first-order valence-corrected chi connectivity index (χ1v) is 7.71. The predicted molar refractivity (Wildman–Crippen MR) is 91.2 cm³/mol. The van der Waals surface area contributed by atoms with Crippen LogP contribution in [0, 0.1) is 0 Å². The minimum Gasteiger partial charge on any atom is -0.478 e. The zero-order chi connectivity index (χ0) is 16.2. The van der Waals surface area contributed by atoms with E-state index in [1.807, 2.05) is 42.6 Å². The smallest absolute Gasteiger partial charge is 0.337 e. The summed E-state index contributed by atoms with van der Waals surface area (Å²) < 4.78 is 2.13. The van der Waals surface area contributed by atoms with Crippen LogP contribution in [0.5, 0.6) is 0 Å². The van der Waals surface area contributed by atoms with Gasteiger partial charge in [-0.2, -0.15) is 0 Å². The highest BCUT2D eigenvalue weighted by atomic mass is 35.5. The van der Waals surface area contributed by atoms with Crippen LogP contribution in [0.2, 0.25) is 5.02 Å². The van der Waals surface area contributed by atoms with Gasteiger partial charge >= 0.3 is 5.97 Å². The molecule has 0 bridgehead atoms. The Morgan fingerprint density at radius 3 is 2.52 bits per heavy atom. The molecule has 116 valence electrons. The highest BCUT2D eigenvalue weighted by molar-refractivity contribution is 6.33. The molecule has 0 radical (unpaired) electrons. The highest BCUT2D eigenvalue weighted by Crippen LogP contribution is 2.23. The third-order valence-electron chi connectivity index (χ3n) is 3.80. The highest BCUT2D eigenvalue weighted by Gasteiger charge is 2.15. The number of halogens is 1. The van der Waals surface area contributed by atoms with Crippen LogP contribution in [0.25, 0.3) is 0 Å². The molecule has 0 amide bonds. The van der Waals surface area contributed by atoms with E-state index in [1.54, 1.807) is 12.1 Å². The maximum Gasteiger partial charge on any atom is 0.337 e. The van der Waals surface area contributed by atoms with Crippen molar-refractivity contribution in [1.82, 2.24) is 4.57 Å². The van der Waals surface area contributed by atoms with E-state index in [2.05, 4.69) is 16.7 Å². The van der Waals surface area contributed by atoms with Crippen molar-refractivity contribution in [1.29, 1.82) is 0 Å². The average molecular weight is 326 g/mol. The number of carbonyl (C=O) groups is 1. The van der Waals surface area contributed by atoms with E-state index in [9.17, 15) is 9.90 Å². The third kappa shape index (κ3) is 3.46. The summed E-state index contributed by atoms with van der Waals surface area (Å²) in [4.78, 5) is 11.5. The molecule has 4 heteroatoms. The van der Waals surface area contributed by atoms with Gasteiger partial charge in [0.15, 0.2) is 0 Å². The molecule has 0 aliphatic carbocycles. The Balaban J connectivity index is 1.89. The lowest BCUT2D eigenvalue weighted by Gasteiger charge is -2.12. The minimum absolute atomic E-state index is 0.182. The fourth-order valence-electron chi connectivity index (χ4n) is 2.70. The number of nitrogens with zero attached hydrogens (tertiary/aromatic N) is 1. The van der Waals surface area contributed by atoms with Crippen molar-refractivity contribution < 1.29 is 9.90 Å². The molecule has 0 unspecified atom stereocenters. The molecule has 3 aromatic rings. The molecule has 1 N–H and O–H groups in total. The lowest BCUT2D eigenvalue weighted by molar-refractivity contribution is 0.0696. The molecule has 0 aliphatic rings. The first kappa shape index (κ1) is 15.4. The standard InChI is InChI=1S/C19H16ClNO2/c20-17-10-4-8-15(18(17)19(22)23)12-16-9-5-11-21(16)13-14-6-2-1-3-7-14/h1-11H,12-13H2,(H,22,23). The van der Waals surface area contributed by atoms with Gasteiger partial charge in [0.25, 0.3) is 0 Å². The molecule has 0 fully saturated rings. The average Bonchev–Trinajstić information content (AvgIpc) is 2.95. The maximum absolute atomic E-state index is 11.5. The van der Waals surface area contributed by atoms with Gasteiger partial charge in [-0.15, -0.1) is 0 Å². The second-order valence-corrected chi connectivity index (χ2v) is 5.78. The van der Waals surface area contributed by atoms with Crippen molar-refractivity contribution in [2.24, 2.45) is 0 Å². The summed E-state index contributed by atoms with van der Waals surface area (Å²) in [6.07, 6.45) is 2.54. The Bertz CT molecular complexity index is 824. The predicted octanol–water partition coefficient (Wildman–Crippen LogP) is 4.48. The van der Waals surface area contributed by atoms with Crippen LogP contribution in [0.1, 0.15) is 27.2 Å². The van der Waals surface area contributed by atoms with E-state index in [4.69, 9.17) is 11.6 Å². The van der Waals surface area contributed by atoms with Crippen molar-refractivity contribution in [3.8, 4) is 0 Å². The van der Waals surface area contributed by atoms with E-state index in [1.165, 1.54) is 5.56 Å². The summed E-state index contributed by atoms with van der Waals surface area (Å²) in [5.74, 6) is -0.994. The van der Waals surface area contributed by atoms with Crippen molar-refractivity contribution in [2.45, 2.75) is 13.0 Å². The first-order valence-electron chi connectivity index (χ1n) is 7.34. The van der Waals surface area contributed by atoms with Crippen LogP contribution in [0.4, 0.5) is 0 Å². The molecule has 0 atom stereocenters. The number of aromatic carboxylic acids is 1. The van der Waals surface area contributed by atoms with Gasteiger partial charge in [-0.05, 0) is 29.3 Å². The molecular weight excluding hydrogens is 310 g/mol. The summed E-state index contributed by atoms with van der Waals surface area (Å²) in [6, 6.07) is 19.4. The normalized spacial score (nSPS) is 10.7. The van der Waals surface area contributed by atoms with Crippen LogP contribution in [-0.2, 0) is 13.0 Å². The number of aromatic nitrogens is 1. The van der Waals surface area contributed by atoms with E-state index in [0.717, 1.165) is 17.8 Å². The lowest BCUT2D eigenvalue weighted by atomic mass is 10.0. The number of carboxylic acids is 1. The second kappa shape index (κ2) is 6.71. The third-order valence-corrected chi connectivity index (χ3v) is 4.12. The zero-order valence-corrected chi connectivity index (χ0v) is 13.2. The summed E-state index contributed by atoms with van der Waals surface area (Å²) in [5, 5.41) is 9.66. The van der Waals surface area contributed by atoms with Crippen molar-refractivity contribution in [2.75, 3.05) is 0 Å². The number of hydrogen-bond acceptors (Lipinski definition) is 1. The van der Waals surface area contributed by atoms with Crippen LogP contribution in [0.15, 0.2) is 66.9 Å². The Morgan fingerprint density at radius 1 is 1.00 bits per heavy atom. The number of rotatable bonds is 5. The zero-order valence-electron chi connectivity index (χ0n) is 12.4. The fourth-order valence-corrected chi connectivity index (χ4v) is 2.97. The van der Waals surface area contributed by atoms with Gasteiger partial charge in [0.1, 0.15) is 0 Å². The van der Waals surface area contributed by atoms with E-state index < -0.39 is 5.97 Å². The Hall–Kier alpha value is -2.52. The molecule has 0 saturated heterocycles. The van der Waals surface area contributed by atoms with Crippen LogP contribution in [-0.4, -0.2) is 15.6 Å². The molecular formula is C19H16ClNO2. The van der Waals surface area contributed by atoms with Crippen LogP contribution >= 0.6 is 11.6 Å². The van der Waals surface area contributed by atoms with Crippen molar-refractivity contribution >= 4 is 17.6 Å². The van der Waals surface area contributed by atoms with Crippen LogP contribution < -0.4 is 0 Å². The topological polar surface area (TPSA) is 42.2 Å². The molecule has 3 nitrogen and oxygen atoms in total. The largest absolute Gasteiger partial charge is 0.478 e. The van der Waals surface area contributed by atoms with Gasteiger partial charge in [-0.3, -0.25) is 0 Å². The molecule has 2 aromatic carbocycles. The molecule has 0 saturated carbocycles. The summed E-state index contributed by atoms with van der Waals surface area (Å²) in [5.41, 5.74) is 3.16. The number of benzene rings is 2. The Morgan fingerprint density at radius 2 is 1.78 bits per heavy atom. The van der Waals surface area contributed by atoms with Gasteiger partial charge in [-0.25, -0.2) is 4.79 Å². The van der Waals surface area contributed by atoms with Gasteiger partial charge in [-0.1, -0.05) is 54.1 Å². The maximum atomic E-state index is 11.5. The molecule has 0 aliphatic heterocycles. The SMILES string of the molecule is O=C(O)c1c(Cl)cccc1Cc1cccn1Cc1ccccc1. The molecule has 1 aromatic heterocycles. The molecule has 23 heavy (non-hydrogen) atoms.